The molecule has 0 saturated carbocycles. The van der Waals surface area contributed by atoms with Crippen molar-refractivity contribution in [1.29, 1.82) is 0 Å². The van der Waals surface area contributed by atoms with Crippen LogP contribution in [-0.2, 0) is 4.79 Å². The zero-order chi connectivity index (χ0) is 13.7. The smallest absolute Gasteiger partial charge is 0.224 e. The molecule has 3 heteroatoms. The summed E-state index contributed by atoms with van der Waals surface area (Å²) < 4.78 is 0. The zero-order valence-corrected chi connectivity index (χ0v) is 11.8. The highest BCUT2D eigenvalue weighted by atomic mass is 16.1. The molecule has 1 amide bonds. The normalized spacial score (nSPS) is 12.6. The highest BCUT2D eigenvalue weighted by molar-refractivity contribution is 5.92. The van der Waals surface area contributed by atoms with E-state index < -0.39 is 0 Å². The number of nitrogens with two attached hydrogens (primary N) is 1. The summed E-state index contributed by atoms with van der Waals surface area (Å²) in [7, 11) is 0. The summed E-state index contributed by atoms with van der Waals surface area (Å²) >= 11 is 0. The number of hydrogen-bond donors (Lipinski definition) is 2. The Labute approximate surface area is 110 Å². The van der Waals surface area contributed by atoms with Crippen LogP contribution in [-0.4, -0.2) is 11.9 Å². The summed E-state index contributed by atoms with van der Waals surface area (Å²) in [5, 5.41) is 3.02. The van der Waals surface area contributed by atoms with Gasteiger partial charge in [0, 0.05) is 18.2 Å². The molecule has 3 nitrogen and oxygen atoms in total. The first-order valence-corrected chi connectivity index (χ1v) is 6.56. The fourth-order valence-electron chi connectivity index (χ4n) is 1.90. The quantitative estimate of drug-likeness (QED) is 0.840. The Morgan fingerprint density at radius 2 is 2.00 bits per heavy atom. The van der Waals surface area contributed by atoms with Gasteiger partial charge in [0.15, 0.2) is 0 Å². The van der Waals surface area contributed by atoms with Crippen molar-refractivity contribution in [3.8, 4) is 0 Å². The first kappa shape index (κ1) is 14.7. The summed E-state index contributed by atoms with van der Waals surface area (Å²) in [5.74, 6) is 0.442. The van der Waals surface area contributed by atoms with Crippen LogP contribution in [0.4, 0.5) is 5.69 Å². The van der Waals surface area contributed by atoms with Gasteiger partial charge in [-0.25, -0.2) is 0 Å². The van der Waals surface area contributed by atoms with Crippen molar-refractivity contribution in [3.63, 3.8) is 0 Å². The number of aryl methyl sites for hydroxylation is 1. The van der Waals surface area contributed by atoms with Crippen molar-refractivity contribution in [1.82, 2.24) is 0 Å². The molecule has 100 valence electrons. The van der Waals surface area contributed by atoms with E-state index in [1.54, 1.807) is 0 Å². The number of benzene rings is 1. The van der Waals surface area contributed by atoms with Crippen LogP contribution in [0.1, 0.15) is 50.7 Å². The van der Waals surface area contributed by atoms with E-state index >= 15 is 0 Å². The minimum Gasteiger partial charge on any atom is -0.328 e. The Balaban J connectivity index is 2.80. The highest BCUT2D eigenvalue weighted by Crippen LogP contribution is 2.27. The van der Waals surface area contributed by atoms with Gasteiger partial charge in [-0.05, 0) is 37.3 Å². The van der Waals surface area contributed by atoms with E-state index in [9.17, 15) is 4.79 Å². The molecule has 0 aliphatic heterocycles. The Kier molecular flexibility index (Phi) is 5.35. The van der Waals surface area contributed by atoms with Crippen LogP contribution in [0.15, 0.2) is 18.2 Å². The molecule has 0 fully saturated rings. The van der Waals surface area contributed by atoms with Gasteiger partial charge in [-0.2, -0.15) is 0 Å². The largest absolute Gasteiger partial charge is 0.328 e. The molecule has 1 rings (SSSR count). The number of amides is 1. The predicted octanol–water partition coefficient (Wildman–Crippen LogP) is 3.18. The van der Waals surface area contributed by atoms with Crippen molar-refractivity contribution in [2.45, 2.75) is 52.5 Å². The minimum absolute atomic E-state index is 0.0449. The van der Waals surface area contributed by atoms with Crippen LogP contribution in [0.5, 0.6) is 0 Å². The van der Waals surface area contributed by atoms with E-state index in [1.807, 2.05) is 26.0 Å². The van der Waals surface area contributed by atoms with Gasteiger partial charge in [-0.15, -0.1) is 0 Å². The van der Waals surface area contributed by atoms with Crippen molar-refractivity contribution in [2.75, 3.05) is 5.32 Å². The number of nitrogens with one attached hydrogen (secondary N) is 1. The lowest BCUT2D eigenvalue weighted by Gasteiger charge is -2.16. The van der Waals surface area contributed by atoms with Gasteiger partial charge in [0.25, 0.3) is 0 Å². The van der Waals surface area contributed by atoms with E-state index in [2.05, 4.69) is 25.2 Å². The number of rotatable bonds is 5. The average Bonchev–Trinajstić information content (AvgIpc) is 2.28. The summed E-state index contributed by atoms with van der Waals surface area (Å²) in [6, 6.07) is 6.19. The number of para-hydroxylation sites is 1. The van der Waals surface area contributed by atoms with Gasteiger partial charge >= 0.3 is 0 Å². The predicted molar refractivity (Wildman–Crippen MR) is 76.8 cm³/mol. The third-order valence-electron chi connectivity index (χ3n) is 3.02. The summed E-state index contributed by atoms with van der Waals surface area (Å²) in [5.41, 5.74) is 8.91. The number of hydrogen-bond acceptors (Lipinski definition) is 2. The molecule has 1 unspecified atom stereocenters. The maximum absolute atomic E-state index is 11.9. The molecule has 0 bridgehead atoms. The van der Waals surface area contributed by atoms with Crippen LogP contribution in [0.2, 0.25) is 0 Å². The first-order valence-electron chi connectivity index (χ1n) is 6.56. The lowest BCUT2D eigenvalue weighted by molar-refractivity contribution is -0.116. The van der Waals surface area contributed by atoms with Gasteiger partial charge in [0.1, 0.15) is 0 Å². The molecule has 1 aromatic rings. The molecular weight excluding hydrogens is 224 g/mol. The molecule has 18 heavy (non-hydrogen) atoms. The second-order valence-electron chi connectivity index (χ2n) is 5.26. The van der Waals surface area contributed by atoms with Crippen molar-refractivity contribution in [2.24, 2.45) is 5.73 Å². The summed E-state index contributed by atoms with van der Waals surface area (Å²) in [6.45, 7) is 8.20. The Hall–Kier alpha value is -1.35. The molecule has 3 N–H and O–H groups in total. The summed E-state index contributed by atoms with van der Waals surface area (Å²) in [4.78, 5) is 11.9. The van der Waals surface area contributed by atoms with Gasteiger partial charge < -0.3 is 11.1 Å². The molecule has 1 aromatic carbocycles. The zero-order valence-electron chi connectivity index (χ0n) is 11.8. The monoisotopic (exact) mass is 248 g/mol. The molecule has 0 aliphatic rings. The Bertz CT molecular complexity index is 411. The molecule has 0 radical (unpaired) electrons. The minimum atomic E-state index is 0.0449. The second kappa shape index (κ2) is 6.55. The SMILES string of the molecule is Cc1cccc(C(C)C)c1NC(=O)CCC(C)N. The third kappa shape index (κ3) is 4.15. The highest BCUT2D eigenvalue weighted by Gasteiger charge is 2.12. The standard InChI is InChI=1S/C15H24N2O/c1-10(2)13-7-5-6-11(3)15(13)17-14(18)9-8-12(4)16/h5-7,10,12H,8-9,16H2,1-4H3,(H,17,18). The van der Waals surface area contributed by atoms with E-state index in [0.717, 1.165) is 11.3 Å². The maximum Gasteiger partial charge on any atom is 0.224 e. The van der Waals surface area contributed by atoms with E-state index in [4.69, 9.17) is 5.73 Å². The lowest BCUT2D eigenvalue weighted by atomic mass is 9.98. The van der Waals surface area contributed by atoms with Gasteiger partial charge in [-0.3, -0.25) is 4.79 Å². The molecule has 1 atom stereocenters. The van der Waals surface area contributed by atoms with Gasteiger partial charge in [0.05, 0.1) is 0 Å². The van der Waals surface area contributed by atoms with Crippen molar-refractivity contribution < 1.29 is 4.79 Å². The van der Waals surface area contributed by atoms with Gasteiger partial charge in [0.2, 0.25) is 5.91 Å². The van der Waals surface area contributed by atoms with E-state index in [1.165, 1.54) is 5.56 Å². The number of carbonyl (C=O) groups excluding carboxylic acids is 1. The van der Waals surface area contributed by atoms with E-state index in [-0.39, 0.29) is 11.9 Å². The molecule has 0 saturated heterocycles. The topological polar surface area (TPSA) is 55.1 Å². The number of carbonyl (C=O) groups is 1. The fraction of sp³-hybridized carbons (Fsp3) is 0.533. The average molecular weight is 248 g/mol. The van der Waals surface area contributed by atoms with Crippen LogP contribution in [0.25, 0.3) is 0 Å². The van der Waals surface area contributed by atoms with Crippen molar-refractivity contribution >= 4 is 11.6 Å². The molecule has 0 heterocycles. The fourth-order valence-corrected chi connectivity index (χ4v) is 1.90. The maximum atomic E-state index is 11.9. The summed E-state index contributed by atoms with van der Waals surface area (Å²) in [6.07, 6.45) is 1.19. The molecule has 0 aliphatic carbocycles. The van der Waals surface area contributed by atoms with E-state index in [0.29, 0.717) is 18.8 Å². The van der Waals surface area contributed by atoms with Gasteiger partial charge in [-0.1, -0.05) is 32.0 Å². The Morgan fingerprint density at radius 1 is 1.33 bits per heavy atom. The second-order valence-corrected chi connectivity index (χ2v) is 5.26. The molecule has 0 spiro atoms. The molecule has 0 aromatic heterocycles. The molecular formula is C15H24N2O. The third-order valence-corrected chi connectivity index (χ3v) is 3.02. The van der Waals surface area contributed by atoms with Crippen LogP contribution in [0.3, 0.4) is 0 Å². The number of anilines is 1. The van der Waals surface area contributed by atoms with Crippen LogP contribution < -0.4 is 11.1 Å². The van der Waals surface area contributed by atoms with Crippen LogP contribution in [0, 0.1) is 6.92 Å². The lowest BCUT2D eigenvalue weighted by Crippen LogP contribution is -2.20. The van der Waals surface area contributed by atoms with Crippen molar-refractivity contribution in [3.05, 3.63) is 29.3 Å². The first-order chi connectivity index (χ1) is 8.41. The Morgan fingerprint density at radius 3 is 2.56 bits per heavy atom. The van der Waals surface area contributed by atoms with Crippen LogP contribution >= 0.6 is 0 Å².